The molecule has 6 rings (SSSR count). The van der Waals surface area contributed by atoms with Gasteiger partial charge in [-0.2, -0.15) is 18.4 Å². The normalized spacial score (nSPS) is 17.7. The highest BCUT2D eigenvalue weighted by Crippen LogP contribution is 2.40. The quantitative estimate of drug-likeness (QED) is 0.182. The minimum absolute atomic E-state index is 0.0210. The summed E-state index contributed by atoms with van der Waals surface area (Å²) in [6, 6.07) is 13.5. The Kier molecular flexibility index (Phi) is 9.56. The second-order valence-corrected chi connectivity index (χ2v) is 11.9. The lowest BCUT2D eigenvalue weighted by Gasteiger charge is -2.27. The van der Waals surface area contributed by atoms with Crippen LogP contribution in [-0.2, 0) is 28.7 Å². The lowest BCUT2D eigenvalue weighted by atomic mass is 9.93. The van der Waals surface area contributed by atoms with Crippen LogP contribution in [0.3, 0.4) is 0 Å². The number of hydrogen-bond acceptors (Lipinski definition) is 7. The zero-order valence-corrected chi connectivity index (χ0v) is 26.2. The third kappa shape index (κ3) is 7.25. The molecule has 2 amide bonds. The molecule has 0 radical (unpaired) electrons. The SMILES string of the molecule is COC1CCC(NC/C=C/C(=O)Nc2ccc(C(=O)Nc3cccc(-c4cc5nc6n(c5cc4C(F)(F)F)CCC6)n3)cc2C#N)CC1. The molecule has 4 aromatic rings. The molecule has 0 saturated heterocycles. The van der Waals surface area contributed by atoms with Gasteiger partial charge in [0.25, 0.3) is 5.91 Å². The number of anilines is 2. The maximum atomic E-state index is 14.2. The molecule has 1 saturated carbocycles. The molecule has 3 N–H and O–H groups in total. The first-order valence-corrected chi connectivity index (χ1v) is 15.8. The Morgan fingerprint density at radius 2 is 1.90 bits per heavy atom. The molecule has 248 valence electrons. The molecule has 0 spiro atoms. The molecule has 3 heterocycles. The minimum atomic E-state index is -4.64. The highest BCUT2D eigenvalue weighted by atomic mass is 19.4. The smallest absolute Gasteiger partial charge is 0.381 e. The minimum Gasteiger partial charge on any atom is -0.381 e. The summed E-state index contributed by atoms with van der Waals surface area (Å²) in [5, 5.41) is 18.4. The van der Waals surface area contributed by atoms with E-state index in [1.807, 2.05) is 10.6 Å². The van der Waals surface area contributed by atoms with Gasteiger partial charge in [-0.1, -0.05) is 12.1 Å². The number of hydrogen-bond donors (Lipinski definition) is 3. The number of aromatic nitrogens is 3. The average Bonchev–Trinajstić information content (AvgIpc) is 3.68. The number of nitriles is 1. The summed E-state index contributed by atoms with van der Waals surface area (Å²) in [5.74, 6) is -0.269. The van der Waals surface area contributed by atoms with Gasteiger partial charge in [0.1, 0.15) is 17.7 Å². The standard InChI is InChI=1S/C35H34F3N7O3/c1-48-24-12-10-23(11-13-24)40-15-3-8-33(46)43-27-14-9-21(17-22(27)20-39)34(47)44-31-6-2-5-28(41-31)25-18-29-30(19-26(25)35(36,37)38)45-16-4-7-32(45)42-29/h2-3,5-6,8-9,14,17-19,23-24,40H,4,7,10-13,15-16H2,1H3,(H,43,46)(H,41,44,47)/b8-3+. The van der Waals surface area contributed by atoms with E-state index >= 15 is 0 Å². The van der Waals surface area contributed by atoms with Crippen molar-refractivity contribution < 1.29 is 27.5 Å². The number of aryl methyl sites for hydroxylation is 2. The maximum Gasteiger partial charge on any atom is 0.417 e. The van der Waals surface area contributed by atoms with Gasteiger partial charge in [0.05, 0.1) is 39.6 Å². The van der Waals surface area contributed by atoms with Crippen molar-refractivity contribution in [3.8, 4) is 17.3 Å². The number of methoxy groups -OCH3 is 1. The molecule has 2 aliphatic rings. The predicted molar refractivity (Wildman–Crippen MR) is 174 cm³/mol. The number of nitrogens with zero attached hydrogens (tertiary/aromatic N) is 4. The number of benzene rings is 2. The van der Waals surface area contributed by atoms with Gasteiger partial charge in [0.2, 0.25) is 5.91 Å². The molecule has 0 bridgehead atoms. The number of amides is 2. The highest BCUT2D eigenvalue weighted by Gasteiger charge is 2.35. The summed E-state index contributed by atoms with van der Waals surface area (Å²) in [6.45, 7) is 1.14. The van der Waals surface area contributed by atoms with E-state index in [9.17, 15) is 28.0 Å². The second kappa shape index (κ2) is 14.0. The number of ether oxygens (including phenoxy) is 1. The number of alkyl halides is 3. The number of nitrogens with one attached hydrogen (secondary N) is 3. The van der Waals surface area contributed by atoms with Crippen molar-refractivity contribution in [2.24, 2.45) is 0 Å². The van der Waals surface area contributed by atoms with E-state index in [1.54, 1.807) is 13.2 Å². The van der Waals surface area contributed by atoms with Crippen molar-refractivity contribution in [2.45, 2.75) is 63.4 Å². The van der Waals surface area contributed by atoms with E-state index in [-0.39, 0.29) is 33.9 Å². The van der Waals surface area contributed by atoms with Crippen molar-refractivity contribution in [3.63, 3.8) is 0 Å². The molecule has 2 aromatic heterocycles. The van der Waals surface area contributed by atoms with E-state index in [0.29, 0.717) is 42.7 Å². The number of halogens is 3. The van der Waals surface area contributed by atoms with E-state index in [1.165, 1.54) is 48.5 Å². The average molecular weight is 658 g/mol. The Bertz CT molecular complexity index is 1920. The van der Waals surface area contributed by atoms with Gasteiger partial charge >= 0.3 is 6.18 Å². The van der Waals surface area contributed by atoms with Gasteiger partial charge in [0.15, 0.2) is 0 Å². The molecule has 13 heteroatoms. The Labute approximate surface area is 275 Å². The summed E-state index contributed by atoms with van der Waals surface area (Å²) in [7, 11) is 1.73. The lowest BCUT2D eigenvalue weighted by Crippen LogP contribution is -2.35. The first kappa shape index (κ1) is 32.9. The van der Waals surface area contributed by atoms with E-state index < -0.39 is 23.6 Å². The number of imidazole rings is 1. The predicted octanol–water partition coefficient (Wildman–Crippen LogP) is 6.23. The molecule has 0 atom stereocenters. The molecule has 1 aliphatic heterocycles. The van der Waals surface area contributed by atoms with Gasteiger partial charge < -0.3 is 25.3 Å². The maximum absolute atomic E-state index is 14.2. The van der Waals surface area contributed by atoms with Crippen LogP contribution in [0, 0.1) is 11.3 Å². The summed E-state index contributed by atoms with van der Waals surface area (Å²) in [6.07, 6.45) is 4.32. The molecule has 1 fully saturated rings. The molecular formula is C35H34F3N7O3. The Morgan fingerprint density at radius 3 is 2.65 bits per heavy atom. The van der Waals surface area contributed by atoms with E-state index in [4.69, 9.17) is 4.74 Å². The van der Waals surface area contributed by atoms with Gasteiger partial charge in [0, 0.05) is 49.9 Å². The highest BCUT2D eigenvalue weighted by molar-refractivity contribution is 6.05. The third-order valence-electron chi connectivity index (χ3n) is 8.78. The first-order chi connectivity index (χ1) is 23.1. The number of pyridine rings is 1. The Balaban J connectivity index is 1.12. The van der Waals surface area contributed by atoms with Gasteiger partial charge in [-0.3, -0.25) is 9.59 Å². The van der Waals surface area contributed by atoms with E-state index in [0.717, 1.165) is 44.0 Å². The molecular weight excluding hydrogens is 623 g/mol. The fourth-order valence-corrected chi connectivity index (χ4v) is 6.31. The number of fused-ring (bicyclic) bond motifs is 3. The molecule has 2 aromatic carbocycles. The largest absolute Gasteiger partial charge is 0.417 e. The summed E-state index contributed by atoms with van der Waals surface area (Å²) in [4.78, 5) is 34.5. The van der Waals surface area contributed by atoms with Crippen molar-refractivity contribution >= 4 is 34.4 Å². The van der Waals surface area contributed by atoms with Crippen molar-refractivity contribution in [1.82, 2.24) is 19.9 Å². The number of carbonyl (C=O) groups is 2. The third-order valence-corrected chi connectivity index (χ3v) is 8.78. The van der Waals surface area contributed by atoms with Crippen molar-refractivity contribution in [1.29, 1.82) is 5.26 Å². The van der Waals surface area contributed by atoms with Crippen molar-refractivity contribution in [2.75, 3.05) is 24.3 Å². The van der Waals surface area contributed by atoms with Crippen LogP contribution in [0.4, 0.5) is 24.7 Å². The molecule has 10 nitrogen and oxygen atoms in total. The molecule has 48 heavy (non-hydrogen) atoms. The van der Waals surface area contributed by atoms with Crippen LogP contribution in [0.1, 0.15) is 59.4 Å². The van der Waals surface area contributed by atoms with Gasteiger partial charge in [-0.15, -0.1) is 0 Å². The van der Waals surface area contributed by atoms with Crippen LogP contribution in [0.15, 0.2) is 60.7 Å². The van der Waals surface area contributed by atoms with Gasteiger partial charge in [-0.05, 0) is 74.6 Å². The van der Waals surface area contributed by atoms with Crippen molar-refractivity contribution in [3.05, 3.63) is 83.2 Å². The molecule has 0 unspecified atom stereocenters. The van der Waals surface area contributed by atoms with Crippen LogP contribution in [0.2, 0.25) is 0 Å². The fourth-order valence-electron chi connectivity index (χ4n) is 6.31. The monoisotopic (exact) mass is 657 g/mol. The Morgan fingerprint density at radius 1 is 1.08 bits per heavy atom. The number of rotatable bonds is 9. The second-order valence-electron chi connectivity index (χ2n) is 11.9. The fraction of sp³-hybridized carbons (Fsp3) is 0.343. The number of carbonyl (C=O) groups excluding carboxylic acids is 2. The lowest BCUT2D eigenvalue weighted by molar-refractivity contribution is -0.137. The summed E-state index contributed by atoms with van der Waals surface area (Å²) < 4.78 is 49.9. The van der Waals surface area contributed by atoms with Gasteiger partial charge in [-0.25, -0.2) is 9.97 Å². The van der Waals surface area contributed by atoms with E-state index in [2.05, 4.69) is 25.9 Å². The topological polar surface area (TPSA) is 134 Å². The summed E-state index contributed by atoms with van der Waals surface area (Å²) in [5.41, 5.74) is 0.316. The zero-order chi connectivity index (χ0) is 33.8. The van der Waals surface area contributed by atoms with Crippen LogP contribution in [-0.4, -0.2) is 52.1 Å². The summed E-state index contributed by atoms with van der Waals surface area (Å²) >= 11 is 0. The van der Waals surface area contributed by atoms with Crippen LogP contribution in [0.5, 0.6) is 0 Å². The Hall–Kier alpha value is -5.06. The first-order valence-electron chi connectivity index (χ1n) is 15.8. The van der Waals surface area contributed by atoms with Crippen LogP contribution >= 0.6 is 0 Å². The van der Waals surface area contributed by atoms with Crippen LogP contribution < -0.4 is 16.0 Å². The zero-order valence-electron chi connectivity index (χ0n) is 26.2. The molecule has 1 aliphatic carbocycles. The van der Waals surface area contributed by atoms with Crippen LogP contribution in [0.25, 0.3) is 22.3 Å².